The second kappa shape index (κ2) is 8.84. The van der Waals surface area contributed by atoms with Crippen LogP contribution in [0, 0.1) is 50.2 Å². The Labute approximate surface area is 227 Å². The molecule has 4 fully saturated rings. The number of carbonyl (C=O) groups excluding carboxylic acids is 1. The normalized spacial score (nSPS) is 48.0. The first-order valence-electron chi connectivity index (χ1n) is 15.7. The van der Waals surface area contributed by atoms with Crippen LogP contribution >= 0.6 is 0 Å². The molecule has 8 atom stereocenters. The minimum atomic E-state index is -0.324. The molecule has 0 aromatic rings. The molecule has 5 rings (SSSR count). The Bertz CT molecular complexity index is 947. The van der Waals surface area contributed by atoms with Gasteiger partial charge in [-0.15, -0.1) is 0 Å². The number of allylic oxidation sites excluding steroid dienone is 2. The number of hydrogen-bond donors (Lipinski definition) is 1. The van der Waals surface area contributed by atoms with Crippen LogP contribution in [0.5, 0.6) is 0 Å². The van der Waals surface area contributed by atoms with Crippen molar-refractivity contribution < 1.29 is 14.6 Å². The zero-order valence-corrected chi connectivity index (χ0v) is 25.3. The Hall–Kier alpha value is -0.830. The molecule has 0 bridgehead atoms. The summed E-state index contributed by atoms with van der Waals surface area (Å²) in [5.74, 6) is 1.64. The van der Waals surface area contributed by atoms with Gasteiger partial charge < -0.3 is 9.84 Å². The molecular formula is C34H56O3. The van der Waals surface area contributed by atoms with Gasteiger partial charge in [0.15, 0.2) is 0 Å². The van der Waals surface area contributed by atoms with Crippen molar-refractivity contribution in [3.63, 3.8) is 0 Å². The second-order valence-electron chi connectivity index (χ2n) is 16.2. The van der Waals surface area contributed by atoms with Crippen molar-refractivity contribution in [1.82, 2.24) is 0 Å². The van der Waals surface area contributed by atoms with Gasteiger partial charge >= 0.3 is 5.97 Å². The van der Waals surface area contributed by atoms with Gasteiger partial charge in [0.1, 0.15) is 0 Å². The van der Waals surface area contributed by atoms with Gasteiger partial charge in [0.25, 0.3) is 0 Å². The highest BCUT2D eigenvalue weighted by atomic mass is 16.5. The first-order chi connectivity index (χ1) is 17.2. The summed E-state index contributed by atoms with van der Waals surface area (Å²) >= 11 is 0. The average Bonchev–Trinajstić information content (AvgIpc) is 2.82. The molecule has 0 heterocycles. The van der Waals surface area contributed by atoms with Gasteiger partial charge in [-0.3, -0.25) is 4.79 Å². The van der Waals surface area contributed by atoms with Crippen molar-refractivity contribution in [2.75, 3.05) is 6.61 Å². The monoisotopic (exact) mass is 512 g/mol. The maximum absolute atomic E-state index is 13.8. The zero-order chi connectivity index (χ0) is 27.1. The van der Waals surface area contributed by atoms with Crippen molar-refractivity contribution in [1.29, 1.82) is 0 Å². The molecule has 5 aliphatic carbocycles. The number of carbonyl (C=O) groups is 1. The van der Waals surface area contributed by atoms with Crippen molar-refractivity contribution in [2.45, 2.75) is 139 Å². The van der Waals surface area contributed by atoms with Gasteiger partial charge in [0, 0.05) is 0 Å². The predicted molar refractivity (Wildman–Crippen MR) is 151 cm³/mol. The standard InChI is InChI=1S/C34H56O3/c1-9-10-21-37-28(36)34-19-17-29(2,3)22-24(34)23-11-12-26-31(6)15-14-27(35)30(4,5)25(31)13-16-33(26,8)32(23,7)18-20-34/h11,24-27,35H,9-10,12-22H2,1-8H3/t24-,25-,26+,27-,31-,32+,33+,34-/m0/s1. The third-order valence-electron chi connectivity index (χ3n) is 13.8. The van der Waals surface area contributed by atoms with E-state index in [9.17, 15) is 9.90 Å². The number of hydrogen-bond acceptors (Lipinski definition) is 3. The lowest BCUT2D eigenvalue weighted by molar-refractivity contribution is -0.206. The maximum Gasteiger partial charge on any atom is 0.312 e. The van der Waals surface area contributed by atoms with Gasteiger partial charge in [0.2, 0.25) is 0 Å². The lowest BCUT2D eigenvalue weighted by Gasteiger charge is -2.71. The zero-order valence-electron chi connectivity index (χ0n) is 25.3. The molecule has 5 aliphatic rings. The number of aliphatic hydroxyl groups excluding tert-OH is 1. The quantitative estimate of drug-likeness (QED) is 0.233. The van der Waals surface area contributed by atoms with E-state index in [-0.39, 0.29) is 44.6 Å². The Morgan fingerprint density at radius 1 is 0.946 bits per heavy atom. The third kappa shape index (κ3) is 3.78. The van der Waals surface area contributed by atoms with Crippen LogP contribution in [0.2, 0.25) is 0 Å². The molecule has 37 heavy (non-hydrogen) atoms. The highest BCUT2D eigenvalue weighted by Gasteiger charge is 2.69. The van der Waals surface area contributed by atoms with E-state index in [4.69, 9.17) is 4.74 Å². The number of rotatable bonds is 4. The first kappa shape index (κ1) is 27.7. The van der Waals surface area contributed by atoms with Gasteiger partial charge in [-0.25, -0.2) is 0 Å². The van der Waals surface area contributed by atoms with Crippen molar-refractivity contribution in [3.05, 3.63) is 11.6 Å². The maximum atomic E-state index is 13.8. The fourth-order valence-electron chi connectivity index (χ4n) is 11.1. The third-order valence-corrected chi connectivity index (χ3v) is 13.8. The van der Waals surface area contributed by atoms with E-state index in [1.807, 2.05) is 0 Å². The molecule has 0 amide bonds. The summed E-state index contributed by atoms with van der Waals surface area (Å²) in [7, 11) is 0. The van der Waals surface area contributed by atoms with Gasteiger partial charge in [-0.05, 0) is 115 Å². The number of aliphatic hydroxyl groups is 1. The molecule has 3 nitrogen and oxygen atoms in total. The molecule has 0 aliphatic heterocycles. The molecule has 210 valence electrons. The summed E-state index contributed by atoms with van der Waals surface area (Å²) in [6.45, 7) is 20.0. The number of esters is 1. The SMILES string of the molecule is CCCCOC(=O)[C@]12CCC(C)(C)C[C@H]1C1=CC[C@@H]3[C@@]4(C)CC[C@H](O)C(C)(C)[C@@H]4CC[C@@]3(C)[C@]1(C)CC2. The van der Waals surface area contributed by atoms with E-state index in [1.165, 1.54) is 12.8 Å². The molecule has 0 unspecified atom stereocenters. The summed E-state index contributed by atoms with van der Waals surface area (Å²) in [5, 5.41) is 11.0. The number of unbranched alkanes of at least 4 members (excludes halogenated alkanes) is 1. The Kier molecular flexibility index (Phi) is 6.62. The van der Waals surface area contributed by atoms with E-state index in [2.05, 4.69) is 61.5 Å². The summed E-state index contributed by atoms with van der Waals surface area (Å²) in [6, 6.07) is 0. The van der Waals surface area contributed by atoms with Crippen molar-refractivity contribution in [3.8, 4) is 0 Å². The van der Waals surface area contributed by atoms with E-state index >= 15 is 0 Å². The largest absolute Gasteiger partial charge is 0.465 e. The molecule has 0 aromatic carbocycles. The number of fused-ring (bicyclic) bond motifs is 7. The van der Waals surface area contributed by atoms with Crippen LogP contribution in [0.25, 0.3) is 0 Å². The second-order valence-corrected chi connectivity index (χ2v) is 16.2. The predicted octanol–water partition coefficient (Wildman–Crippen LogP) is 8.49. The van der Waals surface area contributed by atoms with Gasteiger partial charge in [-0.1, -0.05) is 73.5 Å². The van der Waals surface area contributed by atoms with E-state index in [0.717, 1.165) is 64.2 Å². The summed E-state index contributed by atoms with van der Waals surface area (Å²) < 4.78 is 6.02. The highest BCUT2D eigenvalue weighted by molar-refractivity contribution is 5.78. The summed E-state index contributed by atoms with van der Waals surface area (Å²) in [6.07, 6.45) is 15.5. The Morgan fingerprint density at radius 3 is 2.35 bits per heavy atom. The average molecular weight is 513 g/mol. The van der Waals surface area contributed by atoms with E-state index < -0.39 is 0 Å². The molecule has 0 aromatic heterocycles. The van der Waals surface area contributed by atoms with Crippen LogP contribution in [0.15, 0.2) is 11.6 Å². The van der Waals surface area contributed by atoms with Crippen LogP contribution < -0.4 is 0 Å². The lowest BCUT2D eigenvalue weighted by atomic mass is 9.33. The molecule has 0 radical (unpaired) electrons. The Morgan fingerprint density at radius 2 is 1.65 bits per heavy atom. The van der Waals surface area contributed by atoms with Gasteiger partial charge in [-0.2, -0.15) is 0 Å². The van der Waals surface area contributed by atoms with Gasteiger partial charge in [0.05, 0.1) is 18.1 Å². The lowest BCUT2D eigenvalue weighted by Crippen LogP contribution is -2.65. The van der Waals surface area contributed by atoms with Crippen LogP contribution in [0.3, 0.4) is 0 Å². The Balaban J connectivity index is 1.54. The molecule has 4 saturated carbocycles. The van der Waals surface area contributed by atoms with Crippen LogP contribution in [-0.4, -0.2) is 23.8 Å². The van der Waals surface area contributed by atoms with Crippen molar-refractivity contribution in [2.24, 2.45) is 50.2 Å². The topological polar surface area (TPSA) is 46.5 Å². The summed E-state index contributed by atoms with van der Waals surface area (Å²) in [5.41, 5.74) is 2.18. The van der Waals surface area contributed by atoms with Crippen LogP contribution in [0.4, 0.5) is 0 Å². The first-order valence-corrected chi connectivity index (χ1v) is 15.7. The summed E-state index contributed by atoms with van der Waals surface area (Å²) in [4.78, 5) is 13.8. The molecule has 1 N–H and O–H groups in total. The van der Waals surface area contributed by atoms with Crippen molar-refractivity contribution >= 4 is 5.97 Å². The van der Waals surface area contributed by atoms with Crippen LogP contribution in [0.1, 0.15) is 132 Å². The molecule has 3 heteroatoms. The minimum Gasteiger partial charge on any atom is -0.465 e. The smallest absolute Gasteiger partial charge is 0.312 e. The van der Waals surface area contributed by atoms with Crippen LogP contribution in [-0.2, 0) is 9.53 Å². The fraction of sp³-hybridized carbons (Fsp3) is 0.912. The molecular weight excluding hydrogens is 456 g/mol. The minimum absolute atomic E-state index is 0.0173. The van der Waals surface area contributed by atoms with E-state index in [0.29, 0.717) is 24.4 Å². The number of ether oxygens (including phenoxy) is 1. The fourth-order valence-corrected chi connectivity index (χ4v) is 11.1. The van der Waals surface area contributed by atoms with E-state index in [1.54, 1.807) is 5.57 Å². The molecule has 0 saturated heterocycles. The highest BCUT2D eigenvalue weighted by Crippen LogP contribution is 2.75. The molecule has 0 spiro atoms.